The Morgan fingerprint density at radius 1 is 1.33 bits per heavy atom. The minimum atomic E-state index is 0.319. The molecule has 0 bridgehead atoms. The van der Waals surface area contributed by atoms with Gasteiger partial charge in [0.2, 0.25) is 0 Å². The number of hydrogen-bond donors (Lipinski definition) is 1. The molecule has 2 nitrogen and oxygen atoms in total. The van der Waals surface area contributed by atoms with Gasteiger partial charge in [0.15, 0.2) is 0 Å². The Kier molecular flexibility index (Phi) is 3.54. The first kappa shape index (κ1) is 10.8. The van der Waals surface area contributed by atoms with Crippen molar-refractivity contribution in [3.63, 3.8) is 0 Å². The van der Waals surface area contributed by atoms with Crippen molar-refractivity contribution in [2.45, 2.75) is 18.4 Å². The Bertz CT molecular complexity index is 312. The molecule has 1 aromatic carbocycles. The maximum absolute atomic E-state index is 6.14. The molecule has 82 valence electrons. The minimum Gasteiger partial charge on any atom is -0.497 e. The smallest absolute Gasteiger partial charge is 0.118 e. The van der Waals surface area contributed by atoms with Gasteiger partial charge in [0.1, 0.15) is 5.75 Å². The summed E-state index contributed by atoms with van der Waals surface area (Å²) in [5.74, 6) is 3.77. The van der Waals surface area contributed by atoms with Gasteiger partial charge in [-0.15, -0.1) is 0 Å². The van der Waals surface area contributed by atoms with E-state index >= 15 is 0 Å². The first-order chi connectivity index (χ1) is 7.31. The van der Waals surface area contributed by atoms with Gasteiger partial charge in [-0.2, -0.15) is 11.8 Å². The summed E-state index contributed by atoms with van der Waals surface area (Å²) in [6.07, 6.45) is 1.13. The van der Waals surface area contributed by atoms with Gasteiger partial charge >= 0.3 is 0 Å². The normalized spacial score (nSPS) is 26.3. The third kappa shape index (κ3) is 2.47. The summed E-state index contributed by atoms with van der Waals surface area (Å²) in [4.78, 5) is 0. The largest absolute Gasteiger partial charge is 0.497 e. The summed E-state index contributed by atoms with van der Waals surface area (Å²) in [7, 11) is 1.69. The topological polar surface area (TPSA) is 35.2 Å². The van der Waals surface area contributed by atoms with Crippen LogP contribution in [0.15, 0.2) is 24.3 Å². The molecule has 1 aromatic rings. The molecule has 3 heteroatoms. The Balaban J connectivity index is 2.13. The fraction of sp³-hybridized carbons (Fsp3) is 0.500. The summed E-state index contributed by atoms with van der Waals surface area (Å²) in [6.45, 7) is 0. The number of methoxy groups -OCH3 is 1. The van der Waals surface area contributed by atoms with E-state index in [2.05, 4.69) is 12.1 Å². The second-order valence-corrected chi connectivity index (χ2v) is 5.06. The standard InChI is InChI=1S/C12H17NOS/c1-14-10-4-2-9(3-5-10)11-8-15-7-6-12(11)13/h2-5,11-12H,6-8,13H2,1H3. The summed E-state index contributed by atoms with van der Waals surface area (Å²) >= 11 is 2.00. The maximum atomic E-state index is 6.14. The number of rotatable bonds is 2. The van der Waals surface area contributed by atoms with Crippen LogP contribution in [0.25, 0.3) is 0 Å². The molecule has 2 unspecified atom stereocenters. The molecule has 0 spiro atoms. The molecule has 0 aliphatic carbocycles. The van der Waals surface area contributed by atoms with E-state index in [4.69, 9.17) is 10.5 Å². The van der Waals surface area contributed by atoms with Crippen LogP contribution < -0.4 is 10.5 Å². The predicted molar refractivity (Wildman–Crippen MR) is 65.7 cm³/mol. The summed E-state index contributed by atoms with van der Waals surface area (Å²) in [5, 5.41) is 0. The fourth-order valence-electron chi connectivity index (χ4n) is 1.95. The van der Waals surface area contributed by atoms with Crippen molar-refractivity contribution < 1.29 is 4.74 Å². The highest BCUT2D eigenvalue weighted by Gasteiger charge is 2.23. The zero-order chi connectivity index (χ0) is 10.7. The Labute approximate surface area is 95.2 Å². The molecular formula is C12H17NOS. The van der Waals surface area contributed by atoms with Gasteiger partial charge < -0.3 is 10.5 Å². The molecule has 0 radical (unpaired) electrons. The third-order valence-corrected chi connectivity index (χ3v) is 4.07. The van der Waals surface area contributed by atoms with Gasteiger partial charge in [0, 0.05) is 17.7 Å². The van der Waals surface area contributed by atoms with Crippen molar-refractivity contribution in [3.05, 3.63) is 29.8 Å². The lowest BCUT2D eigenvalue weighted by molar-refractivity contribution is 0.414. The van der Waals surface area contributed by atoms with Crippen LogP contribution in [0.4, 0.5) is 0 Å². The highest BCUT2D eigenvalue weighted by atomic mass is 32.2. The van der Waals surface area contributed by atoms with Crippen molar-refractivity contribution >= 4 is 11.8 Å². The quantitative estimate of drug-likeness (QED) is 0.835. The van der Waals surface area contributed by atoms with E-state index in [0.717, 1.165) is 17.9 Å². The van der Waals surface area contributed by atoms with Gasteiger partial charge in [-0.05, 0) is 29.9 Å². The van der Waals surface area contributed by atoms with E-state index < -0.39 is 0 Å². The second-order valence-electron chi connectivity index (χ2n) is 3.91. The average Bonchev–Trinajstić information content (AvgIpc) is 2.30. The van der Waals surface area contributed by atoms with Crippen molar-refractivity contribution in [1.29, 1.82) is 0 Å². The zero-order valence-corrected chi connectivity index (χ0v) is 9.80. The van der Waals surface area contributed by atoms with Crippen LogP contribution in [0.1, 0.15) is 17.9 Å². The number of ether oxygens (including phenoxy) is 1. The molecular weight excluding hydrogens is 206 g/mol. The van der Waals surface area contributed by atoms with Crippen molar-refractivity contribution in [2.24, 2.45) is 5.73 Å². The molecule has 15 heavy (non-hydrogen) atoms. The molecule has 2 atom stereocenters. The van der Waals surface area contributed by atoms with Crippen LogP contribution in [0.2, 0.25) is 0 Å². The second kappa shape index (κ2) is 4.90. The van der Waals surface area contributed by atoms with Gasteiger partial charge in [-0.25, -0.2) is 0 Å². The van der Waals surface area contributed by atoms with E-state index in [1.54, 1.807) is 7.11 Å². The molecule has 2 N–H and O–H groups in total. The predicted octanol–water partition coefficient (Wildman–Crippen LogP) is 2.24. The Hall–Kier alpha value is -0.670. The van der Waals surface area contributed by atoms with Gasteiger partial charge in [-0.1, -0.05) is 12.1 Å². The number of thioether (sulfide) groups is 1. The molecule has 0 amide bonds. The first-order valence-electron chi connectivity index (χ1n) is 5.28. The number of benzene rings is 1. The average molecular weight is 223 g/mol. The molecule has 2 rings (SSSR count). The molecule has 1 heterocycles. The zero-order valence-electron chi connectivity index (χ0n) is 8.98. The van der Waals surface area contributed by atoms with E-state index in [1.807, 2.05) is 23.9 Å². The van der Waals surface area contributed by atoms with Crippen molar-refractivity contribution in [1.82, 2.24) is 0 Å². The molecule has 0 saturated carbocycles. The van der Waals surface area contributed by atoms with Crippen LogP contribution >= 0.6 is 11.8 Å². The molecule has 1 saturated heterocycles. The van der Waals surface area contributed by atoms with Crippen LogP contribution in [-0.2, 0) is 0 Å². The first-order valence-corrected chi connectivity index (χ1v) is 6.44. The summed E-state index contributed by atoms with van der Waals surface area (Å²) < 4.78 is 5.15. The van der Waals surface area contributed by atoms with Crippen molar-refractivity contribution in [2.75, 3.05) is 18.6 Å². The van der Waals surface area contributed by atoms with Gasteiger partial charge in [-0.3, -0.25) is 0 Å². The third-order valence-electron chi connectivity index (χ3n) is 2.95. The van der Waals surface area contributed by atoms with E-state index in [1.165, 1.54) is 11.3 Å². The lowest BCUT2D eigenvalue weighted by Gasteiger charge is -2.28. The van der Waals surface area contributed by atoms with Gasteiger partial charge in [0.25, 0.3) is 0 Å². The minimum absolute atomic E-state index is 0.319. The lowest BCUT2D eigenvalue weighted by atomic mass is 9.92. The van der Waals surface area contributed by atoms with Crippen LogP contribution in [-0.4, -0.2) is 24.7 Å². The summed E-state index contributed by atoms with van der Waals surface area (Å²) in [6, 6.07) is 8.62. The van der Waals surface area contributed by atoms with Crippen LogP contribution in [0.3, 0.4) is 0 Å². The maximum Gasteiger partial charge on any atom is 0.118 e. The molecule has 1 aliphatic heterocycles. The molecule has 0 aromatic heterocycles. The Morgan fingerprint density at radius 3 is 2.67 bits per heavy atom. The van der Waals surface area contributed by atoms with Crippen molar-refractivity contribution in [3.8, 4) is 5.75 Å². The Morgan fingerprint density at radius 2 is 2.07 bits per heavy atom. The highest BCUT2D eigenvalue weighted by Crippen LogP contribution is 2.31. The summed E-state index contributed by atoms with van der Waals surface area (Å²) in [5.41, 5.74) is 7.48. The lowest BCUT2D eigenvalue weighted by Crippen LogP contribution is -2.33. The number of nitrogens with two attached hydrogens (primary N) is 1. The molecule has 1 fully saturated rings. The number of hydrogen-bond acceptors (Lipinski definition) is 3. The van der Waals surface area contributed by atoms with Crippen LogP contribution in [0, 0.1) is 0 Å². The van der Waals surface area contributed by atoms with E-state index in [-0.39, 0.29) is 0 Å². The fourth-order valence-corrected chi connectivity index (χ4v) is 3.25. The van der Waals surface area contributed by atoms with E-state index in [9.17, 15) is 0 Å². The van der Waals surface area contributed by atoms with Crippen LogP contribution in [0.5, 0.6) is 5.75 Å². The SMILES string of the molecule is COc1ccc(C2CSCCC2N)cc1. The van der Waals surface area contributed by atoms with Gasteiger partial charge in [0.05, 0.1) is 7.11 Å². The monoisotopic (exact) mass is 223 g/mol. The molecule has 1 aliphatic rings. The highest BCUT2D eigenvalue weighted by molar-refractivity contribution is 7.99. The van der Waals surface area contributed by atoms with E-state index in [0.29, 0.717) is 12.0 Å².